The molecule has 8 aliphatic rings. The van der Waals surface area contributed by atoms with Gasteiger partial charge in [0.1, 0.15) is 171 Å². The molecule has 0 aliphatic carbocycles. The highest BCUT2D eigenvalue weighted by Gasteiger charge is 2.61. The van der Waals surface area contributed by atoms with Crippen LogP contribution in [0.3, 0.4) is 0 Å². The number of carbonyl (C=O) groups is 3. The summed E-state index contributed by atoms with van der Waals surface area (Å²) >= 11 is 0. The van der Waals surface area contributed by atoms with Gasteiger partial charge in [0.05, 0.1) is 45.7 Å². The summed E-state index contributed by atoms with van der Waals surface area (Å²) in [6, 6.07) is 0. The molecule has 0 aromatic heterocycles. The lowest BCUT2D eigenvalue weighted by Gasteiger charge is -2.50. The summed E-state index contributed by atoms with van der Waals surface area (Å²) in [4.78, 5) is 36.7. The van der Waals surface area contributed by atoms with E-state index in [1.807, 2.05) is 0 Å². The number of carboxylic acids is 2. The van der Waals surface area contributed by atoms with Crippen molar-refractivity contribution in [2.75, 3.05) is 39.6 Å². The molecule has 39 atom stereocenters. The molecule has 8 heterocycles. The van der Waals surface area contributed by atoms with Crippen LogP contribution >= 0.6 is 0 Å². The van der Waals surface area contributed by atoms with Crippen LogP contribution in [0.2, 0.25) is 0 Å². The van der Waals surface area contributed by atoms with Crippen LogP contribution in [-0.4, -0.2) is 414 Å². The number of rotatable bonds is 23. The number of aliphatic hydroxyl groups is 21. The van der Waals surface area contributed by atoms with Crippen LogP contribution in [0.25, 0.3) is 0 Å². The average Bonchev–Trinajstić information content (AvgIpc) is 0.913. The van der Waals surface area contributed by atoms with E-state index in [1.54, 1.807) is 0 Å². The maximum atomic E-state index is 12.6. The Morgan fingerprint density at radius 3 is 1.27 bits per heavy atom. The molecule has 0 amide bonds. The highest BCUT2D eigenvalue weighted by Crippen LogP contribution is 2.40. The predicted molar refractivity (Wildman–Crippen MR) is 273 cm³/mol. The minimum absolute atomic E-state index is 0.597. The van der Waals surface area contributed by atoms with E-state index in [0.717, 1.165) is 13.8 Å². The Labute approximate surface area is 517 Å². The van der Waals surface area contributed by atoms with E-state index < -0.39 is 297 Å². The van der Waals surface area contributed by atoms with Gasteiger partial charge in [-0.2, -0.15) is 0 Å². The van der Waals surface area contributed by atoms with Crippen LogP contribution in [0.15, 0.2) is 0 Å². The zero-order valence-corrected chi connectivity index (χ0v) is 48.3. The van der Waals surface area contributed by atoms with Crippen LogP contribution in [0.1, 0.15) is 13.8 Å². The normalized spacial score (nSPS) is 50.6. The van der Waals surface area contributed by atoms with Crippen LogP contribution in [-0.2, 0) is 90.2 Å². The second-order valence-corrected chi connectivity index (χ2v) is 22.9. The first-order valence-corrected chi connectivity index (χ1v) is 28.8. The molecule has 8 aliphatic heterocycles. The summed E-state index contributed by atoms with van der Waals surface area (Å²) in [5.41, 5.74) is 0. The first kappa shape index (κ1) is 74.8. The van der Waals surface area contributed by atoms with E-state index in [0.29, 0.717) is 0 Å². The first-order chi connectivity index (χ1) is 43.4. The van der Waals surface area contributed by atoms with E-state index in [4.69, 9.17) is 75.8 Å². The SMILES string of the molecule is C[C@H](O)C(=O)O[C@H]1[C@H](O)[C@H](O)[C@H](O[C@H]2[C@H](O)[C@H](O)[C@H](O[C@@H]3[C@@H](O)[C@H](O[C@H]4[C@@H](O[C@H]5O[C@H](C(=O)O)[C@H](O)[C@H](O)[C@H]5O[C@H]5O[C@H](C(=O)O)[C@H](O)[C@H](O)[C@H]5O)[C@H](O)[C@H](O[C@H]5[C@H](O[C@@H]6OC[C@H](O)[C@H](O)[C@H]6O)[C@@H](CO)O[C@@H]5CO)O[C@H]4C)O[C@H](CO)[C@H]3O)O[C@@H]2CO)O[C@@H]1CO. The second-order valence-electron chi connectivity index (χ2n) is 22.9. The Kier molecular flexibility index (Phi) is 25.7. The Morgan fingerprint density at radius 2 is 0.728 bits per heavy atom. The monoisotopic (exact) mass is 1350 g/mol. The molecule has 0 radical (unpaired) electrons. The van der Waals surface area contributed by atoms with Crippen molar-refractivity contribution in [3.8, 4) is 0 Å². The summed E-state index contributed by atoms with van der Waals surface area (Å²) in [5, 5.41) is 248. The lowest BCUT2D eigenvalue weighted by Crippen LogP contribution is -2.69. The molecule has 8 rings (SSSR count). The molecule has 42 nitrogen and oxygen atoms in total. The van der Waals surface area contributed by atoms with E-state index >= 15 is 0 Å². The summed E-state index contributed by atoms with van der Waals surface area (Å²) in [6.45, 7) is -3.57. The van der Waals surface area contributed by atoms with Crippen LogP contribution in [0.5, 0.6) is 0 Å². The molecule has 0 spiro atoms. The quantitative estimate of drug-likeness (QED) is 0.0422. The van der Waals surface area contributed by atoms with E-state index in [-0.39, 0.29) is 0 Å². The number of ether oxygens (including phenoxy) is 16. The number of aliphatic hydroxyl groups excluding tert-OH is 21. The smallest absolute Gasteiger partial charge is 0.335 e. The maximum Gasteiger partial charge on any atom is 0.335 e. The number of esters is 1. The van der Waals surface area contributed by atoms with Gasteiger partial charge in [0, 0.05) is 0 Å². The lowest BCUT2D eigenvalue weighted by atomic mass is 9.95. The Morgan fingerprint density at radius 1 is 0.359 bits per heavy atom. The molecule has 42 heteroatoms. The largest absolute Gasteiger partial charge is 0.479 e. The van der Waals surface area contributed by atoms with Gasteiger partial charge in [0.2, 0.25) is 0 Å². The number of hydrogen-bond acceptors (Lipinski definition) is 40. The van der Waals surface area contributed by atoms with Crippen molar-refractivity contribution in [3.05, 3.63) is 0 Å². The molecule has 23 N–H and O–H groups in total. The van der Waals surface area contributed by atoms with Gasteiger partial charge in [0.25, 0.3) is 0 Å². The van der Waals surface area contributed by atoms with Crippen molar-refractivity contribution in [3.63, 3.8) is 0 Å². The molecule has 0 unspecified atom stereocenters. The van der Waals surface area contributed by atoms with Crippen molar-refractivity contribution in [1.82, 2.24) is 0 Å². The van der Waals surface area contributed by atoms with Gasteiger partial charge in [-0.25, -0.2) is 14.4 Å². The molecule has 532 valence electrons. The maximum absolute atomic E-state index is 12.6. The zero-order valence-electron chi connectivity index (χ0n) is 48.3. The van der Waals surface area contributed by atoms with Gasteiger partial charge >= 0.3 is 17.9 Å². The summed E-state index contributed by atoms with van der Waals surface area (Å²) < 4.78 is 91.3. The Bertz CT molecular complexity index is 2360. The number of aliphatic carboxylic acids is 2. The van der Waals surface area contributed by atoms with Gasteiger partial charge in [-0.15, -0.1) is 0 Å². The van der Waals surface area contributed by atoms with Gasteiger partial charge in [-0.3, -0.25) is 0 Å². The molecule has 8 saturated heterocycles. The molecule has 0 saturated carbocycles. The minimum atomic E-state index is -2.55. The Balaban J connectivity index is 1.08. The fourth-order valence-corrected chi connectivity index (χ4v) is 11.5. The second kappa shape index (κ2) is 31.7. The molecule has 0 aromatic carbocycles. The topological polar surface area (TPSA) is 664 Å². The van der Waals surface area contributed by atoms with Crippen molar-refractivity contribution in [1.29, 1.82) is 0 Å². The minimum Gasteiger partial charge on any atom is -0.479 e. The van der Waals surface area contributed by atoms with Gasteiger partial charge in [-0.05, 0) is 13.8 Å². The number of carbonyl (C=O) groups excluding carboxylic acids is 1. The summed E-state index contributed by atoms with van der Waals surface area (Å²) in [5.74, 6) is -5.21. The van der Waals surface area contributed by atoms with Crippen molar-refractivity contribution in [2.24, 2.45) is 0 Å². The molecule has 0 bridgehead atoms. The molecule has 8 fully saturated rings. The molecular weight excluding hydrogens is 1270 g/mol. The highest BCUT2D eigenvalue weighted by molar-refractivity contribution is 5.74. The Hall–Kier alpha value is -3.03. The number of carboxylic acid groups (broad SMARTS) is 2. The van der Waals surface area contributed by atoms with Gasteiger partial charge in [-0.1, -0.05) is 0 Å². The third-order valence-corrected chi connectivity index (χ3v) is 16.7. The van der Waals surface area contributed by atoms with E-state index in [2.05, 4.69) is 0 Å². The van der Waals surface area contributed by atoms with Crippen molar-refractivity contribution >= 4 is 17.9 Å². The fourth-order valence-electron chi connectivity index (χ4n) is 11.5. The third-order valence-electron chi connectivity index (χ3n) is 16.7. The van der Waals surface area contributed by atoms with Crippen LogP contribution in [0, 0.1) is 0 Å². The zero-order chi connectivity index (χ0) is 67.8. The van der Waals surface area contributed by atoms with Crippen LogP contribution in [0.4, 0.5) is 0 Å². The van der Waals surface area contributed by atoms with Crippen molar-refractivity contribution < 1.29 is 208 Å². The van der Waals surface area contributed by atoms with E-state index in [1.165, 1.54) is 0 Å². The summed E-state index contributed by atoms with van der Waals surface area (Å²) in [6.07, 6.45) is -81.9. The lowest BCUT2D eigenvalue weighted by molar-refractivity contribution is -0.405. The predicted octanol–water partition coefficient (Wildman–Crippen LogP) is -16.0. The van der Waals surface area contributed by atoms with Crippen LogP contribution < -0.4 is 0 Å². The molecule has 92 heavy (non-hydrogen) atoms. The standard InChI is InChI=1S/C50H80O42/c1-9(56)43(76)83-32-13(4-52)81-45(27(68)23(32)64)85-33-14(5-53)82-46(28(69)24(33)65)88-36-18(59)12(3-51)80-49(29(36)70)84-31-10(2)78-48(87-35-16(7-55)79-15(6-54)34(35)86-44-25(66)17(58)11(57)8-77-44)30(71)37(31)89-50-40(22(63)21(62)39(91-50)42(74)75)92-47-26(67)19(60)20(61)38(90-47)41(72)73/h9-40,44-71H,3-8H2,1-2H3,(H,72,73)(H,74,75)/t9-,10-,11-,12+,13+,14+,15+,16+,17-,18+,19-,20+,21+,22-,23+,24+,25+,26+,27-,28-,29+,30-,31+,32+,33+,34+,35+,36-,37-,38-,39-,40+,44-,45-,46-,47+,48-,49-,50-/m0/s1. The van der Waals surface area contributed by atoms with Crippen molar-refractivity contribution in [2.45, 2.75) is 253 Å². The van der Waals surface area contributed by atoms with E-state index in [9.17, 15) is 132 Å². The number of hydrogen-bond donors (Lipinski definition) is 23. The van der Waals surface area contributed by atoms with Gasteiger partial charge in [0.15, 0.2) is 62.3 Å². The highest BCUT2D eigenvalue weighted by atomic mass is 16.8. The summed E-state index contributed by atoms with van der Waals surface area (Å²) in [7, 11) is 0. The first-order valence-electron chi connectivity index (χ1n) is 28.8. The van der Waals surface area contributed by atoms with Gasteiger partial charge < -0.3 is 193 Å². The average molecular weight is 1350 g/mol. The fraction of sp³-hybridized carbons (Fsp3) is 0.940. The molecule has 0 aromatic rings. The third kappa shape index (κ3) is 15.5. The molecular formula is C50H80O42.